The lowest BCUT2D eigenvalue weighted by atomic mass is 9.88. The number of aliphatic hydroxyl groups excluding tert-OH is 1. The molecule has 3 aromatic carbocycles. The van der Waals surface area contributed by atoms with Gasteiger partial charge in [-0.2, -0.15) is 4.31 Å². The fraction of sp³-hybridized carbons (Fsp3) is 0.438. The molecule has 2 saturated heterocycles. The summed E-state index contributed by atoms with van der Waals surface area (Å²) in [4.78, 5) is 0.0761. The van der Waals surface area contributed by atoms with E-state index in [2.05, 4.69) is 5.32 Å². The van der Waals surface area contributed by atoms with Gasteiger partial charge in [0, 0.05) is 38.3 Å². The van der Waals surface area contributed by atoms with Gasteiger partial charge in [0.15, 0.2) is 0 Å². The SMILES string of the molecule is CCOc1ccc(-c2ccc(CN)cc2)cc1S(=O)(=O)N1CCC2(CC1)C[C@@H](NC[C@H](O)COc1cccc(S(N)(=O)=O)c1)CO2. The van der Waals surface area contributed by atoms with Gasteiger partial charge >= 0.3 is 0 Å². The van der Waals surface area contributed by atoms with Crippen LogP contribution in [0.2, 0.25) is 0 Å². The highest BCUT2D eigenvalue weighted by Gasteiger charge is 2.45. The quantitative estimate of drug-likeness (QED) is 0.210. The number of piperidine rings is 1. The maximum absolute atomic E-state index is 13.9. The predicted octanol–water partition coefficient (Wildman–Crippen LogP) is 2.20. The molecule has 12 nitrogen and oxygen atoms in total. The van der Waals surface area contributed by atoms with Crippen molar-refractivity contribution in [2.75, 3.05) is 39.5 Å². The summed E-state index contributed by atoms with van der Waals surface area (Å²) < 4.78 is 70.0. The van der Waals surface area contributed by atoms with Gasteiger partial charge in [-0.25, -0.2) is 22.0 Å². The van der Waals surface area contributed by atoms with Crippen LogP contribution in [0.1, 0.15) is 31.7 Å². The number of nitrogens with two attached hydrogens (primary N) is 2. The maximum Gasteiger partial charge on any atom is 0.246 e. The van der Waals surface area contributed by atoms with Gasteiger partial charge in [-0.1, -0.05) is 36.4 Å². The number of primary sulfonamides is 1. The summed E-state index contributed by atoms with van der Waals surface area (Å²) in [6, 6.07) is 18.8. The Morgan fingerprint density at radius 2 is 1.74 bits per heavy atom. The van der Waals surface area contributed by atoms with Crippen LogP contribution in [0.4, 0.5) is 0 Å². The maximum atomic E-state index is 13.9. The van der Waals surface area contributed by atoms with Gasteiger partial charge in [0.1, 0.15) is 29.1 Å². The number of nitrogens with one attached hydrogen (secondary N) is 1. The molecule has 5 rings (SSSR count). The first-order chi connectivity index (χ1) is 21.9. The molecule has 6 N–H and O–H groups in total. The second-order valence-electron chi connectivity index (χ2n) is 11.7. The molecule has 2 aliphatic rings. The van der Waals surface area contributed by atoms with E-state index in [4.69, 9.17) is 25.1 Å². The van der Waals surface area contributed by atoms with Crippen molar-refractivity contribution in [1.82, 2.24) is 9.62 Å². The summed E-state index contributed by atoms with van der Waals surface area (Å²) in [7, 11) is -7.71. The first-order valence-electron chi connectivity index (χ1n) is 15.3. The molecular weight excluding hydrogens is 633 g/mol. The van der Waals surface area contributed by atoms with E-state index in [-0.39, 0.29) is 34.7 Å². The van der Waals surface area contributed by atoms with E-state index < -0.39 is 31.8 Å². The second-order valence-corrected chi connectivity index (χ2v) is 15.2. The van der Waals surface area contributed by atoms with Gasteiger partial charge < -0.3 is 30.4 Å². The average molecular weight is 675 g/mol. The summed E-state index contributed by atoms with van der Waals surface area (Å²) in [5.41, 5.74) is 7.94. The normalized spacial score (nSPS) is 19.3. The Labute approximate surface area is 270 Å². The molecule has 0 aromatic heterocycles. The minimum Gasteiger partial charge on any atom is -0.492 e. The molecule has 0 aliphatic carbocycles. The Hall–Kier alpha value is -3.08. The minimum absolute atomic E-state index is 0.0181. The van der Waals surface area contributed by atoms with Crippen LogP contribution in [-0.2, 0) is 31.3 Å². The molecule has 14 heteroatoms. The van der Waals surface area contributed by atoms with Crippen LogP contribution >= 0.6 is 0 Å². The summed E-state index contributed by atoms with van der Waals surface area (Å²) in [6.07, 6.45) is 0.917. The fourth-order valence-electron chi connectivity index (χ4n) is 5.89. The van der Waals surface area contributed by atoms with E-state index in [1.807, 2.05) is 37.3 Å². The molecule has 0 saturated carbocycles. The van der Waals surface area contributed by atoms with Crippen molar-refractivity contribution >= 4 is 20.0 Å². The van der Waals surface area contributed by atoms with Crippen molar-refractivity contribution in [2.24, 2.45) is 10.9 Å². The second kappa shape index (κ2) is 14.4. The number of hydrogen-bond donors (Lipinski definition) is 4. The molecule has 0 radical (unpaired) electrons. The molecule has 1 spiro atoms. The van der Waals surface area contributed by atoms with Crippen molar-refractivity contribution in [1.29, 1.82) is 0 Å². The summed E-state index contributed by atoms with van der Waals surface area (Å²) in [6.45, 7) is 3.85. The van der Waals surface area contributed by atoms with Crippen LogP contribution in [0.15, 0.2) is 76.5 Å². The number of rotatable bonds is 13. The molecule has 2 aliphatic heterocycles. The highest BCUT2D eigenvalue weighted by atomic mass is 32.2. The Morgan fingerprint density at radius 3 is 2.41 bits per heavy atom. The Bertz CT molecular complexity index is 1710. The number of ether oxygens (including phenoxy) is 3. The predicted molar refractivity (Wildman–Crippen MR) is 173 cm³/mol. The molecule has 0 bridgehead atoms. The standard InChI is InChI=1S/C32H42N4O8S2/c1-2-42-30-11-10-25(24-8-6-23(19-33)7-9-24)16-31(30)46(40,41)36-14-12-32(13-15-36)18-26(21-44-32)35-20-27(37)22-43-28-4-3-5-29(17-28)45(34,38)39/h3-11,16-17,26-27,35,37H,2,12-15,18-22,33H2,1H3,(H2,34,38,39)/t26-,27+/m1/s1. The number of sulfonamides is 2. The third-order valence-corrected chi connectivity index (χ3v) is 11.3. The van der Waals surface area contributed by atoms with Gasteiger partial charge in [0.2, 0.25) is 20.0 Å². The first kappa shape index (κ1) is 34.3. The number of aliphatic hydroxyl groups is 1. The molecule has 0 unspecified atom stereocenters. The van der Waals surface area contributed by atoms with Crippen molar-refractivity contribution in [2.45, 2.75) is 60.3 Å². The van der Waals surface area contributed by atoms with E-state index >= 15 is 0 Å². The molecule has 2 fully saturated rings. The summed E-state index contributed by atoms with van der Waals surface area (Å²) in [5.74, 6) is 0.614. The highest BCUT2D eigenvalue weighted by molar-refractivity contribution is 7.89. The molecular formula is C32H42N4O8S2. The van der Waals surface area contributed by atoms with E-state index in [9.17, 15) is 21.9 Å². The van der Waals surface area contributed by atoms with Gasteiger partial charge in [0.25, 0.3) is 0 Å². The van der Waals surface area contributed by atoms with Gasteiger partial charge in [-0.3, -0.25) is 0 Å². The van der Waals surface area contributed by atoms with Crippen LogP contribution in [0.3, 0.4) is 0 Å². The van der Waals surface area contributed by atoms with E-state index in [0.717, 1.165) is 16.7 Å². The third-order valence-electron chi connectivity index (χ3n) is 8.45. The zero-order valence-corrected chi connectivity index (χ0v) is 27.4. The zero-order chi connectivity index (χ0) is 33.0. The van der Waals surface area contributed by atoms with Gasteiger partial charge in [-0.05, 0) is 67.1 Å². The molecule has 250 valence electrons. The topological polar surface area (TPSA) is 184 Å². The van der Waals surface area contributed by atoms with E-state index in [1.54, 1.807) is 18.2 Å². The molecule has 46 heavy (non-hydrogen) atoms. The van der Waals surface area contributed by atoms with Crippen LogP contribution < -0.4 is 25.7 Å². The molecule has 2 heterocycles. The number of nitrogens with zero attached hydrogens (tertiary/aromatic N) is 1. The third kappa shape index (κ3) is 8.06. The monoisotopic (exact) mass is 674 g/mol. The van der Waals surface area contributed by atoms with E-state index in [1.165, 1.54) is 22.5 Å². The lowest BCUT2D eigenvalue weighted by Gasteiger charge is -2.38. The van der Waals surface area contributed by atoms with Crippen LogP contribution in [-0.4, -0.2) is 83.4 Å². The molecule has 0 amide bonds. The number of benzene rings is 3. The van der Waals surface area contributed by atoms with Crippen molar-refractivity contribution < 1.29 is 36.2 Å². The average Bonchev–Trinajstić information content (AvgIpc) is 3.45. The van der Waals surface area contributed by atoms with Crippen LogP contribution in [0, 0.1) is 0 Å². The fourth-order valence-corrected chi connectivity index (χ4v) is 8.04. The van der Waals surface area contributed by atoms with Crippen LogP contribution in [0.5, 0.6) is 11.5 Å². The Balaban J connectivity index is 1.16. The lowest BCUT2D eigenvalue weighted by Crippen LogP contribution is -2.47. The van der Waals surface area contributed by atoms with Crippen molar-refractivity contribution in [3.05, 3.63) is 72.3 Å². The Morgan fingerprint density at radius 1 is 1.02 bits per heavy atom. The molecule has 3 aromatic rings. The van der Waals surface area contributed by atoms with Crippen molar-refractivity contribution in [3.8, 4) is 22.6 Å². The molecule has 2 atom stereocenters. The first-order valence-corrected chi connectivity index (χ1v) is 18.3. The summed E-state index contributed by atoms with van der Waals surface area (Å²) >= 11 is 0. The number of hydrogen-bond acceptors (Lipinski definition) is 10. The minimum atomic E-state index is -3.86. The zero-order valence-electron chi connectivity index (χ0n) is 25.8. The van der Waals surface area contributed by atoms with E-state index in [0.29, 0.717) is 57.9 Å². The summed E-state index contributed by atoms with van der Waals surface area (Å²) in [5, 5.41) is 18.9. The van der Waals surface area contributed by atoms with Gasteiger partial charge in [0.05, 0.1) is 23.7 Å². The van der Waals surface area contributed by atoms with Crippen LogP contribution in [0.25, 0.3) is 11.1 Å². The highest BCUT2D eigenvalue weighted by Crippen LogP contribution is 2.39. The smallest absolute Gasteiger partial charge is 0.246 e. The Kier molecular flexibility index (Phi) is 10.7. The van der Waals surface area contributed by atoms with Gasteiger partial charge in [-0.15, -0.1) is 0 Å². The van der Waals surface area contributed by atoms with Crippen molar-refractivity contribution in [3.63, 3.8) is 0 Å². The largest absolute Gasteiger partial charge is 0.492 e. The lowest BCUT2D eigenvalue weighted by molar-refractivity contribution is -0.0312.